The molecular formula is C39H47F3O. The van der Waals surface area contributed by atoms with E-state index < -0.39 is 11.6 Å². The fourth-order valence-corrected chi connectivity index (χ4v) is 7.26. The van der Waals surface area contributed by atoms with Crippen LogP contribution in [0.25, 0.3) is 27.8 Å². The lowest BCUT2D eigenvalue weighted by molar-refractivity contribution is 0.189. The highest BCUT2D eigenvalue weighted by Crippen LogP contribution is 2.42. The summed E-state index contributed by atoms with van der Waals surface area (Å²) in [5.41, 5.74) is 4.13. The Kier molecular flexibility index (Phi) is 11.1. The van der Waals surface area contributed by atoms with E-state index in [1.807, 2.05) is 12.1 Å². The molecule has 2 aliphatic carbocycles. The molecule has 0 aliphatic heterocycles. The second kappa shape index (κ2) is 15.1. The van der Waals surface area contributed by atoms with Crippen LogP contribution in [0.5, 0.6) is 5.75 Å². The normalized spacial score (nSPS) is 20.6. The van der Waals surface area contributed by atoms with Crippen LogP contribution in [0.2, 0.25) is 0 Å². The summed E-state index contributed by atoms with van der Waals surface area (Å²) in [5.74, 6) is 0.336. The first kappa shape index (κ1) is 31.4. The summed E-state index contributed by atoms with van der Waals surface area (Å²) in [6.07, 6.45) is 17.9. The Hall–Kier alpha value is -3.01. The number of allylic oxidation sites excluding steroid dienone is 2. The van der Waals surface area contributed by atoms with Crippen molar-refractivity contribution in [2.24, 2.45) is 17.8 Å². The van der Waals surface area contributed by atoms with Gasteiger partial charge in [0.15, 0.2) is 11.6 Å². The van der Waals surface area contributed by atoms with Crippen LogP contribution >= 0.6 is 0 Å². The van der Waals surface area contributed by atoms with Gasteiger partial charge in [0.2, 0.25) is 5.82 Å². The van der Waals surface area contributed by atoms with Crippen molar-refractivity contribution >= 4 is 5.57 Å². The molecule has 1 nitrogen and oxygen atoms in total. The van der Waals surface area contributed by atoms with E-state index in [-0.39, 0.29) is 17.1 Å². The van der Waals surface area contributed by atoms with Crippen LogP contribution < -0.4 is 4.74 Å². The average molecular weight is 589 g/mol. The second-order valence-corrected chi connectivity index (χ2v) is 12.8. The molecule has 5 rings (SSSR count). The summed E-state index contributed by atoms with van der Waals surface area (Å²) in [6.45, 7) is 4.78. The Balaban J connectivity index is 1.21. The molecule has 0 heterocycles. The summed E-state index contributed by atoms with van der Waals surface area (Å²) in [5, 5.41) is 0. The van der Waals surface area contributed by atoms with Gasteiger partial charge in [-0.15, -0.1) is 0 Å². The Labute approximate surface area is 256 Å². The van der Waals surface area contributed by atoms with Crippen molar-refractivity contribution in [1.29, 1.82) is 0 Å². The van der Waals surface area contributed by atoms with Crippen molar-refractivity contribution in [3.8, 4) is 28.0 Å². The van der Waals surface area contributed by atoms with Gasteiger partial charge in [0.25, 0.3) is 0 Å². The van der Waals surface area contributed by atoms with Crippen LogP contribution in [-0.2, 0) is 0 Å². The van der Waals surface area contributed by atoms with Gasteiger partial charge in [0, 0.05) is 11.1 Å². The van der Waals surface area contributed by atoms with Crippen molar-refractivity contribution in [3.63, 3.8) is 0 Å². The molecule has 3 aromatic carbocycles. The van der Waals surface area contributed by atoms with Gasteiger partial charge >= 0.3 is 0 Å². The van der Waals surface area contributed by atoms with Gasteiger partial charge < -0.3 is 4.74 Å². The summed E-state index contributed by atoms with van der Waals surface area (Å²) in [4.78, 5) is 0. The number of unbranched alkanes of at least 4 members (excludes halogenated alkanes) is 3. The van der Waals surface area contributed by atoms with Gasteiger partial charge in [-0.3, -0.25) is 0 Å². The first-order valence-electron chi connectivity index (χ1n) is 16.7. The highest BCUT2D eigenvalue weighted by atomic mass is 19.2. The number of hydrogen-bond acceptors (Lipinski definition) is 1. The molecule has 1 atom stereocenters. The Morgan fingerprint density at radius 3 is 2.02 bits per heavy atom. The zero-order chi connectivity index (χ0) is 30.2. The van der Waals surface area contributed by atoms with Crippen molar-refractivity contribution in [1.82, 2.24) is 0 Å². The van der Waals surface area contributed by atoms with Crippen LogP contribution in [0.3, 0.4) is 0 Å². The van der Waals surface area contributed by atoms with E-state index in [4.69, 9.17) is 4.74 Å². The third kappa shape index (κ3) is 7.75. The summed E-state index contributed by atoms with van der Waals surface area (Å²) < 4.78 is 50.5. The molecule has 43 heavy (non-hydrogen) atoms. The summed E-state index contributed by atoms with van der Waals surface area (Å²) in [7, 11) is 0. The number of halogens is 3. The molecule has 0 amide bonds. The van der Waals surface area contributed by atoms with Crippen molar-refractivity contribution in [2.45, 2.75) is 97.3 Å². The molecule has 1 unspecified atom stereocenters. The third-order valence-electron chi connectivity index (χ3n) is 9.86. The molecule has 0 spiro atoms. The minimum atomic E-state index is -0.971. The Morgan fingerprint density at radius 2 is 1.37 bits per heavy atom. The second-order valence-electron chi connectivity index (χ2n) is 12.8. The van der Waals surface area contributed by atoms with Crippen LogP contribution in [-0.4, -0.2) is 6.61 Å². The Morgan fingerprint density at radius 1 is 0.674 bits per heavy atom. The molecule has 0 bridgehead atoms. The van der Waals surface area contributed by atoms with Gasteiger partial charge in [0.05, 0.1) is 6.61 Å². The maximum Gasteiger partial charge on any atom is 0.201 e. The Bertz CT molecular complexity index is 1370. The molecule has 0 saturated heterocycles. The lowest BCUT2D eigenvalue weighted by atomic mass is 9.70. The van der Waals surface area contributed by atoms with Crippen LogP contribution in [0.15, 0.2) is 60.7 Å². The minimum Gasteiger partial charge on any atom is -0.490 e. The average Bonchev–Trinajstić information content (AvgIpc) is 3.04. The maximum atomic E-state index is 15.4. The molecular weight excluding hydrogens is 541 g/mol. The molecule has 1 fully saturated rings. The highest BCUT2D eigenvalue weighted by molar-refractivity contribution is 5.74. The largest absolute Gasteiger partial charge is 0.490 e. The molecule has 230 valence electrons. The smallest absolute Gasteiger partial charge is 0.201 e. The lowest BCUT2D eigenvalue weighted by Crippen LogP contribution is -2.23. The van der Waals surface area contributed by atoms with Crippen LogP contribution in [0, 0.1) is 35.2 Å². The third-order valence-corrected chi connectivity index (χ3v) is 9.86. The topological polar surface area (TPSA) is 9.23 Å². The number of hydrogen-bond donors (Lipinski definition) is 0. The van der Waals surface area contributed by atoms with E-state index in [9.17, 15) is 8.78 Å². The minimum absolute atomic E-state index is 0.0605. The standard InChI is InChI=1S/C39H47F3O/c1-3-5-6-7-25-43-37-24-23-35(38(41)39(37)42)32-19-17-31(18-20-32)34-22-21-33(26-36(34)40)30-15-13-29(14-16-30)28-11-9-27(8-4-2)10-12-28/h15,17-24,26-29H,3-14,16,25H2,1-2H3. The van der Waals surface area contributed by atoms with Gasteiger partial charge in [-0.1, -0.05) is 101 Å². The molecule has 0 aromatic heterocycles. The number of ether oxygens (including phenoxy) is 1. The van der Waals surface area contributed by atoms with E-state index in [1.54, 1.807) is 36.4 Å². The van der Waals surface area contributed by atoms with Crippen molar-refractivity contribution in [3.05, 3.63) is 83.7 Å². The number of rotatable bonds is 12. The highest BCUT2D eigenvalue weighted by Gasteiger charge is 2.28. The SMILES string of the molecule is CCCCCCOc1ccc(-c2ccc(-c3ccc(C4=CCC(C5CCC(CCC)CC5)CC4)cc3F)cc2)c(F)c1F. The van der Waals surface area contributed by atoms with Crippen molar-refractivity contribution in [2.75, 3.05) is 6.61 Å². The molecule has 4 heteroatoms. The lowest BCUT2D eigenvalue weighted by Gasteiger charge is -2.35. The molecule has 3 aromatic rings. The quantitative estimate of drug-likeness (QED) is 0.191. The van der Waals surface area contributed by atoms with E-state index in [1.165, 1.54) is 56.6 Å². The van der Waals surface area contributed by atoms with Crippen molar-refractivity contribution < 1.29 is 17.9 Å². The molecule has 0 radical (unpaired) electrons. The molecule has 2 aliphatic rings. The first-order valence-corrected chi connectivity index (χ1v) is 16.7. The van der Waals surface area contributed by atoms with Gasteiger partial charge in [-0.2, -0.15) is 4.39 Å². The zero-order valence-electron chi connectivity index (χ0n) is 25.9. The van der Waals surface area contributed by atoms with E-state index in [2.05, 4.69) is 19.9 Å². The maximum absolute atomic E-state index is 15.4. The van der Waals surface area contributed by atoms with Crippen LogP contribution in [0.1, 0.15) is 103 Å². The fraction of sp³-hybridized carbons (Fsp3) is 0.487. The predicted molar refractivity (Wildman–Crippen MR) is 172 cm³/mol. The summed E-state index contributed by atoms with van der Waals surface area (Å²) >= 11 is 0. The predicted octanol–water partition coefficient (Wildman–Crippen LogP) is 12.2. The molecule has 1 saturated carbocycles. The number of benzene rings is 3. The zero-order valence-corrected chi connectivity index (χ0v) is 25.9. The van der Waals surface area contributed by atoms with Gasteiger partial charge in [-0.25, -0.2) is 8.78 Å². The van der Waals surface area contributed by atoms with E-state index >= 15 is 4.39 Å². The molecule has 0 N–H and O–H groups in total. The monoisotopic (exact) mass is 588 g/mol. The van der Waals surface area contributed by atoms with Gasteiger partial charge in [-0.05, 0) is 96.7 Å². The van der Waals surface area contributed by atoms with E-state index in [0.29, 0.717) is 23.3 Å². The van der Waals surface area contributed by atoms with E-state index in [0.717, 1.165) is 61.8 Å². The fourth-order valence-electron chi connectivity index (χ4n) is 7.26. The van der Waals surface area contributed by atoms with Gasteiger partial charge in [0.1, 0.15) is 5.82 Å². The summed E-state index contributed by atoms with van der Waals surface area (Å²) in [6, 6.07) is 15.5. The van der Waals surface area contributed by atoms with Crippen LogP contribution in [0.4, 0.5) is 13.2 Å². The first-order chi connectivity index (χ1) is 21.0.